The lowest BCUT2D eigenvalue weighted by Crippen LogP contribution is -2.15. The molecule has 0 atom stereocenters. The van der Waals surface area contributed by atoms with Gasteiger partial charge in [0.2, 0.25) is 0 Å². The third kappa shape index (κ3) is 4.41. The Morgan fingerprint density at radius 1 is 1.12 bits per heavy atom. The van der Waals surface area contributed by atoms with Crippen LogP contribution in [0, 0.1) is 17.0 Å². The van der Waals surface area contributed by atoms with E-state index in [0.717, 1.165) is 0 Å². The van der Waals surface area contributed by atoms with E-state index in [0.29, 0.717) is 23.5 Å². The van der Waals surface area contributed by atoms with Crippen molar-refractivity contribution < 1.29 is 24.0 Å². The van der Waals surface area contributed by atoms with Gasteiger partial charge in [0.05, 0.1) is 11.5 Å². The van der Waals surface area contributed by atoms with E-state index in [1.807, 2.05) is 6.92 Å². The number of esters is 1. The van der Waals surface area contributed by atoms with Crippen molar-refractivity contribution in [2.24, 2.45) is 0 Å². The number of nitro benzene ring substituents is 1. The van der Waals surface area contributed by atoms with E-state index in [2.05, 4.69) is 0 Å². The second kappa shape index (κ2) is 8.05. The molecule has 0 unspecified atom stereocenters. The van der Waals surface area contributed by atoms with Crippen LogP contribution in [0.4, 0.5) is 5.69 Å². The normalized spacial score (nSPS) is 10.2. The van der Waals surface area contributed by atoms with Gasteiger partial charge in [-0.1, -0.05) is 12.1 Å². The molecule has 2 aromatic rings. The molecule has 7 nitrogen and oxygen atoms in total. The molecular weight excluding hydrogens is 326 g/mol. The van der Waals surface area contributed by atoms with Crippen LogP contribution in [-0.4, -0.2) is 29.9 Å². The lowest BCUT2D eigenvalue weighted by atomic mass is 10.1. The average molecular weight is 343 g/mol. The summed E-state index contributed by atoms with van der Waals surface area (Å²) in [7, 11) is 0. The maximum absolute atomic E-state index is 12.1. The molecule has 0 aliphatic carbocycles. The van der Waals surface area contributed by atoms with Crippen LogP contribution in [0.15, 0.2) is 42.5 Å². The van der Waals surface area contributed by atoms with Crippen LogP contribution >= 0.6 is 0 Å². The summed E-state index contributed by atoms with van der Waals surface area (Å²) in [6.07, 6.45) is 0. The molecule has 0 amide bonds. The number of Topliss-reactive ketones (excluding diaryl/α,β-unsaturated/α-hetero) is 1. The van der Waals surface area contributed by atoms with Gasteiger partial charge in [0.15, 0.2) is 12.4 Å². The van der Waals surface area contributed by atoms with E-state index in [1.165, 1.54) is 25.1 Å². The molecule has 0 bridgehead atoms. The highest BCUT2D eigenvalue weighted by Crippen LogP contribution is 2.23. The summed E-state index contributed by atoms with van der Waals surface area (Å²) in [5, 5.41) is 11.1. The molecule has 0 saturated heterocycles. The van der Waals surface area contributed by atoms with Crippen LogP contribution < -0.4 is 4.74 Å². The number of benzene rings is 2. The first-order valence-electron chi connectivity index (χ1n) is 7.61. The van der Waals surface area contributed by atoms with E-state index in [-0.39, 0.29) is 11.3 Å². The predicted octanol–water partition coefficient (Wildman–Crippen LogP) is 3.34. The van der Waals surface area contributed by atoms with E-state index < -0.39 is 23.3 Å². The molecule has 0 radical (unpaired) electrons. The summed E-state index contributed by atoms with van der Waals surface area (Å²) < 4.78 is 10.2. The molecule has 25 heavy (non-hydrogen) atoms. The monoisotopic (exact) mass is 343 g/mol. The predicted molar refractivity (Wildman–Crippen MR) is 90.1 cm³/mol. The van der Waals surface area contributed by atoms with Crippen molar-refractivity contribution in [2.75, 3.05) is 13.2 Å². The van der Waals surface area contributed by atoms with Gasteiger partial charge in [-0.05, 0) is 44.2 Å². The fourth-order valence-corrected chi connectivity index (χ4v) is 2.26. The van der Waals surface area contributed by atoms with Gasteiger partial charge < -0.3 is 9.47 Å². The van der Waals surface area contributed by atoms with Crippen molar-refractivity contribution in [3.05, 3.63) is 69.3 Å². The molecule has 0 fully saturated rings. The van der Waals surface area contributed by atoms with Gasteiger partial charge in [0.25, 0.3) is 5.69 Å². The van der Waals surface area contributed by atoms with Crippen molar-refractivity contribution >= 4 is 17.4 Å². The molecule has 0 aromatic heterocycles. The number of ketones is 1. The van der Waals surface area contributed by atoms with Crippen molar-refractivity contribution in [1.29, 1.82) is 0 Å². The Hall–Kier alpha value is -3.22. The smallest absolute Gasteiger partial charge is 0.345 e. The van der Waals surface area contributed by atoms with Crippen LogP contribution in [0.25, 0.3) is 0 Å². The number of nitrogens with zero attached hydrogens (tertiary/aromatic N) is 1. The number of carbonyl (C=O) groups is 2. The van der Waals surface area contributed by atoms with Gasteiger partial charge >= 0.3 is 5.97 Å². The summed E-state index contributed by atoms with van der Waals surface area (Å²) in [5.74, 6) is -0.687. The van der Waals surface area contributed by atoms with Gasteiger partial charge in [-0.25, -0.2) is 4.79 Å². The Balaban J connectivity index is 2.06. The minimum atomic E-state index is -0.908. The number of hydrogen-bond acceptors (Lipinski definition) is 6. The zero-order valence-corrected chi connectivity index (χ0v) is 13.9. The highest BCUT2D eigenvalue weighted by Gasteiger charge is 2.24. The van der Waals surface area contributed by atoms with Gasteiger partial charge in [0, 0.05) is 11.1 Å². The highest BCUT2D eigenvalue weighted by atomic mass is 16.6. The first-order valence-corrected chi connectivity index (χ1v) is 7.61. The summed E-state index contributed by atoms with van der Waals surface area (Å²) in [4.78, 5) is 34.7. The van der Waals surface area contributed by atoms with Crippen LogP contribution in [0.1, 0.15) is 33.2 Å². The lowest BCUT2D eigenvalue weighted by molar-refractivity contribution is -0.385. The molecule has 0 saturated carbocycles. The Morgan fingerprint density at radius 3 is 2.40 bits per heavy atom. The third-order valence-corrected chi connectivity index (χ3v) is 3.46. The van der Waals surface area contributed by atoms with Gasteiger partial charge in [-0.15, -0.1) is 0 Å². The quantitative estimate of drug-likeness (QED) is 0.331. The standard InChI is InChI=1S/C18H17NO6/c1-3-24-14-9-7-13(8-10-14)16(20)11-25-18(21)15-6-4-5-12(2)17(15)19(22)23/h4-10H,3,11H2,1-2H3. The number of para-hydroxylation sites is 1. The molecule has 0 N–H and O–H groups in total. The SMILES string of the molecule is CCOc1ccc(C(=O)COC(=O)c2cccc(C)c2[N+](=O)[O-])cc1. The summed E-state index contributed by atoms with van der Waals surface area (Å²) >= 11 is 0. The number of nitro groups is 1. The molecule has 2 aromatic carbocycles. The lowest BCUT2D eigenvalue weighted by Gasteiger charge is -2.07. The Bertz CT molecular complexity index is 798. The summed E-state index contributed by atoms with van der Waals surface area (Å²) in [5.41, 5.74) is 0.206. The summed E-state index contributed by atoms with van der Waals surface area (Å²) in [6.45, 7) is 3.39. The van der Waals surface area contributed by atoms with Crippen LogP contribution in [0.2, 0.25) is 0 Å². The first-order chi connectivity index (χ1) is 11.9. The van der Waals surface area contributed by atoms with Gasteiger partial charge in [-0.3, -0.25) is 14.9 Å². The van der Waals surface area contributed by atoms with Crippen LogP contribution in [0.5, 0.6) is 5.75 Å². The van der Waals surface area contributed by atoms with E-state index in [4.69, 9.17) is 9.47 Å². The fraction of sp³-hybridized carbons (Fsp3) is 0.222. The molecule has 130 valence electrons. The van der Waals surface area contributed by atoms with Crippen molar-refractivity contribution in [3.8, 4) is 5.75 Å². The summed E-state index contributed by atoms with van der Waals surface area (Å²) in [6, 6.07) is 10.8. The average Bonchev–Trinajstić information content (AvgIpc) is 2.59. The van der Waals surface area contributed by atoms with E-state index in [1.54, 1.807) is 24.3 Å². The topological polar surface area (TPSA) is 95.7 Å². The highest BCUT2D eigenvalue weighted by molar-refractivity contribution is 6.00. The van der Waals surface area contributed by atoms with E-state index >= 15 is 0 Å². The zero-order valence-electron chi connectivity index (χ0n) is 13.9. The zero-order chi connectivity index (χ0) is 18.4. The molecule has 0 aliphatic rings. The largest absolute Gasteiger partial charge is 0.494 e. The number of rotatable bonds is 7. The molecule has 2 rings (SSSR count). The fourth-order valence-electron chi connectivity index (χ4n) is 2.26. The molecular formula is C18H17NO6. The van der Waals surface area contributed by atoms with Crippen LogP contribution in [-0.2, 0) is 4.74 Å². The maximum Gasteiger partial charge on any atom is 0.345 e. The molecule has 0 heterocycles. The van der Waals surface area contributed by atoms with Gasteiger partial charge in [0.1, 0.15) is 11.3 Å². The second-order valence-electron chi connectivity index (χ2n) is 5.18. The minimum Gasteiger partial charge on any atom is -0.494 e. The second-order valence-corrected chi connectivity index (χ2v) is 5.18. The Labute approximate surface area is 144 Å². The molecule has 7 heteroatoms. The van der Waals surface area contributed by atoms with Crippen molar-refractivity contribution in [1.82, 2.24) is 0 Å². The number of carbonyl (C=O) groups excluding carboxylic acids is 2. The van der Waals surface area contributed by atoms with Gasteiger partial charge in [-0.2, -0.15) is 0 Å². The minimum absolute atomic E-state index is 0.176. The molecule has 0 spiro atoms. The number of aryl methyl sites for hydroxylation is 1. The Kier molecular flexibility index (Phi) is 5.84. The van der Waals surface area contributed by atoms with E-state index in [9.17, 15) is 19.7 Å². The van der Waals surface area contributed by atoms with Crippen molar-refractivity contribution in [3.63, 3.8) is 0 Å². The number of ether oxygens (including phenoxy) is 2. The first kappa shape index (κ1) is 18.1. The van der Waals surface area contributed by atoms with Crippen molar-refractivity contribution in [2.45, 2.75) is 13.8 Å². The van der Waals surface area contributed by atoms with Crippen LogP contribution in [0.3, 0.4) is 0 Å². The number of hydrogen-bond donors (Lipinski definition) is 0. The molecule has 0 aliphatic heterocycles. The Morgan fingerprint density at radius 2 is 1.80 bits per heavy atom. The maximum atomic E-state index is 12.1. The third-order valence-electron chi connectivity index (χ3n) is 3.46.